The minimum absolute atomic E-state index is 0.524. The Hall–Kier alpha value is -3.26. The number of fused-ring (bicyclic) bond motifs is 1. The molecule has 3 aromatic rings. The molecular weight excluding hydrogens is 356 g/mol. The Bertz CT molecular complexity index is 948. The van der Waals surface area contributed by atoms with Crippen molar-refractivity contribution >= 4 is 17.5 Å². The topological polar surface area (TPSA) is 76.5 Å². The van der Waals surface area contributed by atoms with Gasteiger partial charge in [0.2, 0.25) is 17.7 Å². The van der Waals surface area contributed by atoms with E-state index in [-0.39, 0.29) is 0 Å². The monoisotopic (exact) mass is 376 g/mol. The highest BCUT2D eigenvalue weighted by molar-refractivity contribution is 5.69. The molecule has 1 saturated heterocycles. The minimum Gasteiger partial charge on any atom is -0.420 e. The number of morpholine rings is 1. The smallest absolute Gasteiger partial charge is 0.231 e. The SMILES string of the molecule is c1ccc(Oc2nc(N3CCOCC3)nc3c2CCN3c2cccnc2)nc1. The van der Waals surface area contributed by atoms with Crippen LogP contribution >= 0.6 is 0 Å². The first kappa shape index (κ1) is 16.9. The van der Waals surface area contributed by atoms with Gasteiger partial charge in [-0.2, -0.15) is 9.97 Å². The molecule has 0 N–H and O–H groups in total. The molecule has 0 spiro atoms. The normalized spacial score (nSPS) is 16.1. The van der Waals surface area contributed by atoms with E-state index >= 15 is 0 Å². The van der Waals surface area contributed by atoms with Crippen molar-refractivity contribution in [1.82, 2.24) is 19.9 Å². The van der Waals surface area contributed by atoms with Crippen molar-refractivity contribution in [3.8, 4) is 11.8 Å². The summed E-state index contributed by atoms with van der Waals surface area (Å²) in [5.74, 6) is 2.62. The van der Waals surface area contributed by atoms with E-state index in [0.717, 1.165) is 43.1 Å². The van der Waals surface area contributed by atoms with Crippen molar-refractivity contribution in [2.24, 2.45) is 0 Å². The Morgan fingerprint density at radius 3 is 2.68 bits per heavy atom. The highest BCUT2D eigenvalue weighted by Crippen LogP contribution is 2.39. The zero-order chi connectivity index (χ0) is 18.8. The van der Waals surface area contributed by atoms with Crippen molar-refractivity contribution in [3.05, 3.63) is 54.5 Å². The number of ether oxygens (including phenoxy) is 2. The summed E-state index contributed by atoms with van der Waals surface area (Å²) in [4.78, 5) is 22.5. The number of hydrogen-bond donors (Lipinski definition) is 0. The van der Waals surface area contributed by atoms with E-state index in [2.05, 4.69) is 19.8 Å². The molecule has 0 amide bonds. The van der Waals surface area contributed by atoms with Crippen molar-refractivity contribution in [2.75, 3.05) is 42.6 Å². The van der Waals surface area contributed by atoms with Crippen LogP contribution in [0.25, 0.3) is 0 Å². The molecule has 0 unspecified atom stereocenters. The molecule has 2 aliphatic heterocycles. The van der Waals surface area contributed by atoms with Gasteiger partial charge in [0.15, 0.2) is 0 Å². The number of pyridine rings is 2. The Labute approximate surface area is 162 Å². The average molecular weight is 376 g/mol. The molecule has 5 heterocycles. The first-order valence-electron chi connectivity index (χ1n) is 9.38. The second-order valence-electron chi connectivity index (χ2n) is 6.61. The van der Waals surface area contributed by atoms with E-state index in [1.165, 1.54) is 0 Å². The number of anilines is 3. The molecule has 0 bridgehead atoms. The van der Waals surface area contributed by atoms with E-state index in [9.17, 15) is 0 Å². The highest BCUT2D eigenvalue weighted by Gasteiger charge is 2.30. The van der Waals surface area contributed by atoms with Gasteiger partial charge in [0, 0.05) is 38.1 Å². The third kappa shape index (κ3) is 3.22. The van der Waals surface area contributed by atoms with Crippen molar-refractivity contribution in [2.45, 2.75) is 6.42 Å². The van der Waals surface area contributed by atoms with Crippen LogP contribution in [0.15, 0.2) is 48.9 Å². The summed E-state index contributed by atoms with van der Waals surface area (Å²) < 4.78 is 11.5. The second-order valence-corrected chi connectivity index (χ2v) is 6.61. The molecule has 0 saturated carbocycles. The lowest BCUT2D eigenvalue weighted by Crippen LogP contribution is -2.37. The van der Waals surface area contributed by atoms with Gasteiger partial charge < -0.3 is 19.3 Å². The number of nitrogens with zero attached hydrogens (tertiary/aromatic N) is 6. The molecule has 0 aromatic carbocycles. The van der Waals surface area contributed by atoms with E-state index in [1.54, 1.807) is 12.4 Å². The molecule has 5 rings (SSSR count). The van der Waals surface area contributed by atoms with Gasteiger partial charge in [0.05, 0.1) is 30.7 Å². The summed E-state index contributed by atoms with van der Waals surface area (Å²) >= 11 is 0. The van der Waals surface area contributed by atoms with Crippen LogP contribution in [0.1, 0.15) is 5.56 Å². The zero-order valence-corrected chi connectivity index (χ0v) is 15.4. The molecular formula is C20H20N6O2. The lowest BCUT2D eigenvalue weighted by molar-refractivity contribution is 0.122. The van der Waals surface area contributed by atoms with Crippen LogP contribution in [0, 0.1) is 0 Å². The van der Waals surface area contributed by atoms with Crippen LogP contribution in [0.4, 0.5) is 17.5 Å². The maximum atomic E-state index is 6.07. The van der Waals surface area contributed by atoms with Gasteiger partial charge in [-0.1, -0.05) is 6.07 Å². The summed E-state index contributed by atoms with van der Waals surface area (Å²) in [5.41, 5.74) is 2.00. The number of rotatable bonds is 4. The maximum Gasteiger partial charge on any atom is 0.231 e. The lowest BCUT2D eigenvalue weighted by atomic mass is 10.2. The van der Waals surface area contributed by atoms with E-state index in [4.69, 9.17) is 19.4 Å². The van der Waals surface area contributed by atoms with Crippen LogP contribution in [-0.4, -0.2) is 52.8 Å². The van der Waals surface area contributed by atoms with Crippen LogP contribution in [0.5, 0.6) is 11.8 Å². The molecule has 1 fully saturated rings. The molecule has 0 atom stereocenters. The summed E-state index contributed by atoms with van der Waals surface area (Å²) in [6.45, 7) is 3.66. The summed E-state index contributed by atoms with van der Waals surface area (Å²) in [5, 5.41) is 0. The van der Waals surface area contributed by atoms with Crippen molar-refractivity contribution in [3.63, 3.8) is 0 Å². The van der Waals surface area contributed by atoms with Crippen LogP contribution in [0.2, 0.25) is 0 Å². The summed E-state index contributed by atoms with van der Waals surface area (Å²) in [6.07, 6.45) is 6.14. The van der Waals surface area contributed by atoms with Gasteiger partial charge >= 0.3 is 0 Å². The first-order valence-corrected chi connectivity index (χ1v) is 9.38. The highest BCUT2D eigenvalue weighted by atomic mass is 16.5. The molecule has 28 heavy (non-hydrogen) atoms. The fourth-order valence-electron chi connectivity index (χ4n) is 3.47. The Balaban J connectivity index is 1.57. The standard InChI is InChI=1S/C20H20N6O2/c1-2-8-22-17(5-1)28-19-16-6-9-26(15-4-3-7-21-14-15)18(16)23-20(24-19)25-10-12-27-13-11-25/h1-5,7-8,14H,6,9-13H2. The largest absolute Gasteiger partial charge is 0.420 e. The van der Waals surface area contributed by atoms with E-state index in [1.807, 2.05) is 36.5 Å². The molecule has 0 aliphatic carbocycles. The zero-order valence-electron chi connectivity index (χ0n) is 15.4. The molecule has 2 aliphatic rings. The van der Waals surface area contributed by atoms with Crippen LogP contribution in [-0.2, 0) is 11.2 Å². The second kappa shape index (κ2) is 7.40. The van der Waals surface area contributed by atoms with E-state index < -0.39 is 0 Å². The first-order chi connectivity index (χ1) is 13.9. The maximum absolute atomic E-state index is 6.07. The predicted octanol–water partition coefficient (Wildman–Crippen LogP) is 2.59. The van der Waals surface area contributed by atoms with E-state index in [0.29, 0.717) is 30.9 Å². The van der Waals surface area contributed by atoms with Crippen LogP contribution < -0.4 is 14.5 Å². The molecule has 3 aromatic heterocycles. The van der Waals surface area contributed by atoms with Gasteiger partial charge in [0.25, 0.3) is 0 Å². The molecule has 0 radical (unpaired) electrons. The van der Waals surface area contributed by atoms with Crippen molar-refractivity contribution < 1.29 is 9.47 Å². The van der Waals surface area contributed by atoms with Gasteiger partial charge in [-0.15, -0.1) is 0 Å². The minimum atomic E-state index is 0.524. The number of hydrogen-bond acceptors (Lipinski definition) is 8. The Morgan fingerprint density at radius 2 is 1.89 bits per heavy atom. The third-order valence-electron chi connectivity index (χ3n) is 4.87. The quantitative estimate of drug-likeness (QED) is 0.688. The lowest BCUT2D eigenvalue weighted by Gasteiger charge is -2.28. The third-order valence-corrected chi connectivity index (χ3v) is 4.87. The van der Waals surface area contributed by atoms with Gasteiger partial charge in [-0.3, -0.25) is 4.98 Å². The Kier molecular flexibility index (Phi) is 4.46. The number of aromatic nitrogens is 4. The predicted molar refractivity (Wildman–Crippen MR) is 104 cm³/mol. The van der Waals surface area contributed by atoms with Crippen LogP contribution in [0.3, 0.4) is 0 Å². The fourth-order valence-corrected chi connectivity index (χ4v) is 3.47. The van der Waals surface area contributed by atoms with Gasteiger partial charge in [-0.05, 0) is 24.6 Å². The molecule has 8 heteroatoms. The fraction of sp³-hybridized carbons (Fsp3) is 0.300. The van der Waals surface area contributed by atoms with Crippen molar-refractivity contribution in [1.29, 1.82) is 0 Å². The summed E-state index contributed by atoms with van der Waals surface area (Å²) in [6, 6.07) is 9.56. The molecule has 142 valence electrons. The summed E-state index contributed by atoms with van der Waals surface area (Å²) in [7, 11) is 0. The van der Waals surface area contributed by atoms with Gasteiger partial charge in [0.1, 0.15) is 5.82 Å². The average Bonchev–Trinajstić information content (AvgIpc) is 3.20. The van der Waals surface area contributed by atoms with Gasteiger partial charge in [-0.25, -0.2) is 4.98 Å². The molecule has 8 nitrogen and oxygen atoms in total. The Morgan fingerprint density at radius 1 is 0.964 bits per heavy atom.